The van der Waals surface area contributed by atoms with Crippen molar-refractivity contribution in [3.63, 3.8) is 0 Å². The number of rotatable bonds is 6. The van der Waals surface area contributed by atoms with Gasteiger partial charge in [-0.15, -0.1) is 11.3 Å². The highest BCUT2D eigenvalue weighted by Crippen LogP contribution is 2.51. The van der Waals surface area contributed by atoms with E-state index in [0.29, 0.717) is 5.89 Å². The van der Waals surface area contributed by atoms with Gasteiger partial charge in [0.05, 0.1) is 16.0 Å². The van der Waals surface area contributed by atoms with E-state index in [-0.39, 0.29) is 0 Å². The molecule has 0 radical (unpaired) electrons. The lowest BCUT2D eigenvalue weighted by atomic mass is 9.93. The van der Waals surface area contributed by atoms with E-state index in [1.54, 1.807) is 0 Å². The highest BCUT2D eigenvalue weighted by atomic mass is 32.1. The molecule has 2 heterocycles. The summed E-state index contributed by atoms with van der Waals surface area (Å²) >= 11 is 1.83. The minimum atomic E-state index is 0.593. The summed E-state index contributed by atoms with van der Waals surface area (Å²) in [5.74, 6) is 0.593. The molecule has 0 fully saturated rings. The van der Waals surface area contributed by atoms with Crippen LogP contribution in [0.1, 0.15) is 0 Å². The molecule has 12 aromatic rings. The SMILES string of the molecule is c1ccc(-c2ccc(N(c3ccc(-c4cc5ccccc5c5ccccc45)cc3)c3c(-c4nc5ccccc5o4)ccc4c3sc3ccc5ccccc5c34)cc2)cc1. The van der Waals surface area contributed by atoms with Crippen molar-refractivity contribution in [1.82, 2.24) is 4.98 Å². The lowest BCUT2D eigenvalue weighted by molar-refractivity contribution is 0.620. The van der Waals surface area contributed by atoms with Crippen LogP contribution in [0.3, 0.4) is 0 Å². The molecule has 0 bridgehead atoms. The molecule has 3 nitrogen and oxygen atoms in total. The lowest BCUT2D eigenvalue weighted by Crippen LogP contribution is -2.11. The molecule has 0 atom stereocenters. The molecule has 0 aliphatic carbocycles. The summed E-state index contributed by atoms with van der Waals surface area (Å²) < 4.78 is 9.02. The minimum absolute atomic E-state index is 0.593. The number of nitrogens with zero attached hydrogens (tertiary/aromatic N) is 2. The highest BCUT2D eigenvalue weighted by molar-refractivity contribution is 7.26. The minimum Gasteiger partial charge on any atom is -0.436 e. The van der Waals surface area contributed by atoms with Crippen molar-refractivity contribution in [2.24, 2.45) is 0 Å². The van der Waals surface area contributed by atoms with Crippen molar-refractivity contribution < 1.29 is 4.42 Å². The largest absolute Gasteiger partial charge is 0.436 e. The number of thiophene rings is 1. The number of aromatic nitrogens is 1. The van der Waals surface area contributed by atoms with Crippen molar-refractivity contribution >= 4 is 92.0 Å². The first-order valence-corrected chi connectivity index (χ1v) is 20.8. The lowest BCUT2D eigenvalue weighted by Gasteiger charge is -2.28. The fourth-order valence-corrected chi connectivity index (χ4v) is 10.2. The predicted octanol–water partition coefficient (Wildman–Crippen LogP) is 16.1. The third-order valence-corrected chi connectivity index (χ3v) is 12.9. The van der Waals surface area contributed by atoms with Gasteiger partial charge in [0.15, 0.2) is 5.58 Å². The molecular weight excluding hydrogens is 737 g/mol. The Hall–Kier alpha value is -7.53. The fraction of sp³-hybridized carbons (Fsp3) is 0. The van der Waals surface area contributed by atoms with Gasteiger partial charge in [-0.3, -0.25) is 0 Å². The molecule has 0 aliphatic rings. The molecule has 0 saturated carbocycles. The second-order valence-corrected chi connectivity index (χ2v) is 16.1. The van der Waals surface area contributed by atoms with Crippen molar-refractivity contribution in [2.45, 2.75) is 0 Å². The molecular formula is C55H34N2OS. The number of hydrogen-bond acceptors (Lipinski definition) is 4. The Bertz CT molecular complexity index is 3510. The monoisotopic (exact) mass is 770 g/mol. The van der Waals surface area contributed by atoms with Crippen molar-refractivity contribution in [2.75, 3.05) is 4.90 Å². The van der Waals surface area contributed by atoms with Crippen LogP contribution in [-0.2, 0) is 0 Å². The summed E-state index contributed by atoms with van der Waals surface area (Å²) in [6.07, 6.45) is 0. The first-order valence-electron chi connectivity index (χ1n) is 19.9. The topological polar surface area (TPSA) is 29.3 Å². The van der Waals surface area contributed by atoms with E-state index in [2.05, 4.69) is 187 Å². The number of anilines is 3. The van der Waals surface area contributed by atoms with Crippen molar-refractivity contribution in [3.05, 3.63) is 206 Å². The van der Waals surface area contributed by atoms with Crippen LogP contribution in [-0.4, -0.2) is 4.98 Å². The van der Waals surface area contributed by atoms with Gasteiger partial charge >= 0.3 is 0 Å². The smallest absolute Gasteiger partial charge is 0.229 e. The molecule has 0 unspecified atom stereocenters. The summed E-state index contributed by atoms with van der Waals surface area (Å²) in [5, 5.41) is 9.97. The summed E-state index contributed by atoms with van der Waals surface area (Å²) in [6.45, 7) is 0. The summed E-state index contributed by atoms with van der Waals surface area (Å²) in [6, 6.07) is 74.0. The molecule has 0 aliphatic heterocycles. The maximum Gasteiger partial charge on any atom is 0.229 e. The molecule has 10 aromatic carbocycles. The second kappa shape index (κ2) is 13.6. The first kappa shape index (κ1) is 33.6. The highest BCUT2D eigenvalue weighted by Gasteiger charge is 2.26. The van der Waals surface area contributed by atoms with Gasteiger partial charge in [0.1, 0.15) is 5.52 Å². The van der Waals surface area contributed by atoms with Gasteiger partial charge in [-0.1, -0.05) is 152 Å². The van der Waals surface area contributed by atoms with Crippen molar-refractivity contribution in [3.8, 4) is 33.7 Å². The molecule has 59 heavy (non-hydrogen) atoms. The molecule has 12 rings (SSSR count). The summed E-state index contributed by atoms with van der Waals surface area (Å²) in [7, 11) is 0. The average Bonchev–Trinajstić information content (AvgIpc) is 3.92. The Morgan fingerprint density at radius 3 is 1.83 bits per heavy atom. The number of fused-ring (bicyclic) bond motifs is 9. The number of benzene rings is 10. The number of oxazole rings is 1. The Morgan fingerprint density at radius 2 is 1.05 bits per heavy atom. The normalized spacial score (nSPS) is 11.7. The van der Waals surface area contributed by atoms with Crippen LogP contribution in [0.15, 0.2) is 211 Å². The van der Waals surface area contributed by atoms with E-state index >= 15 is 0 Å². The molecule has 4 heteroatoms. The maximum atomic E-state index is 6.61. The zero-order valence-corrected chi connectivity index (χ0v) is 32.7. The fourth-order valence-electron chi connectivity index (χ4n) is 8.90. The van der Waals surface area contributed by atoms with Gasteiger partial charge in [0.2, 0.25) is 5.89 Å². The average molecular weight is 771 g/mol. The first-order chi connectivity index (χ1) is 29.2. The van der Waals surface area contributed by atoms with E-state index in [1.165, 1.54) is 74.7 Å². The van der Waals surface area contributed by atoms with Crippen LogP contribution < -0.4 is 4.90 Å². The van der Waals surface area contributed by atoms with Gasteiger partial charge in [0, 0.05) is 26.8 Å². The van der Waals surface area contributed by atoms with Crippen LogP contribution >= 0.6 is 11.3 Å². The summed E-state index contributed by atoms with van der Waals surface area (Å²) in [5.41, 5.74) is 10.4. The van der Waals surface area contributed by atoms with Gasteiger partial charge in [-0.25, -0.2) is 4.98 Å². The molecule has 0 amide bonds. The van der Waals surface area contributed by atoms with Gasteiger partial charge < -0.3 is 9.32 Å². The van der Waals surface area contributed by atoms with E-state index < -0.39 is 0 Å². The Balaban J connectivity index is 1.12. The molecule has 276 valence electrons. The molecule has 2 aromatic heterocycles. The van der Waals surface area contributed by atoms with Crippen LogP contribution in [0.4, 0.5) is 17.1 Å². The van der Waals surface area contributed by atoms with Crippen LogP contribution in [0.2, 0.25) is 0 Å². The number of hydrogen-bond donors (Lipinski definition) is 0. The number of para-hydroxylation sites is 2. The Morgan fingerprint density at radius 1 is 0.424 bits per heavy atom. The van der Waals surface area contributed by atoms with Crippen LogP contribution in [0, 0.1) is 0 Å². The van der Waals surface area contributed by atoms with Crippen LogP contribution in [0.5, 0.6) is 0 Å². The zero-order chi connectivity index (χ0) is 38.9. The predicted molar refractivity (Wildman–Crippen MR) is 250 cm³/mol. The maximum absolute atomic E-state index is 6.61. The van der Waals surface area contributed by atoms with Gasteiger partial charge in [-0.2, -0.15) is 0 Å². The quantitative estimate of drug-likeness (QED) is 0.158. The van der Waals surface area contributed by atoms with E-state index in [4.69, 9.17) is 9.40 Å². The van der Waals surface area contributed by atoms with Gasteiger partial charge in [-0.05, 0) is 109 Å². The Kier molecular flexibility index (Phi) is 7.72. The third kappa shape index (κ3) is 5.53. The van der Waals surface area contributed by atoms with Crippen LogP contribution in [0.25, 0.3) is 97.3 Å². The second-order valence-electron chi connectivity index (χ2n) is 15.1. The standard InChI is InChI=1S/C55H34N2OS/c1-2-12-35(13-3-1)36-22-27-40(28-23-36)57(41-29-24-38(25-30-41)48-34-39-15-5-6-16-42(39)44-18-8-9-19-45(44)48)53-47(55-56-49-20-10-11-21-50(49)58-55)32-31-46-52-43-17-7-4-14-37(43)26-33-51(52)59-54(46)53/h1-34H. The van der Waals surface area contributed by atoms with Gasteiger partial charge in [0.25, 0.3) is 0 Å². The molecule has 0 N–H and O–H groups in total. The molecule has 0 spiro atoms. The van der Waals surface area contributed by atoms with E-state index in [1.807, 2.05) is 35.6 Å². The third-order valence-electron chi connectivity index (χ3n) is 11.7. The summed E-state index contributed by atoms with van der Waals surface area (Å²) in [4.78, 5) is 7.50. The zero-order valence-electron chi connectivity index (χ0n) is 31.8. The van der Waals surface area contributed by atoms with E-state index in [9.17, 15) is 0 Å². The molecule has 0 saturated heterocycles. The Labute approximate surface area is 344 Å². The van der Waals surface area contributed by atoms with Crippen molar-refractivity contribution in [1.29, 1.82) is 0 Å². The van der Waals surface area contributed by atoms with E-state index in [0.717, 1.165) is 33.7 Å².